The number of nitrogens with zero attached hydrogens (tertiary/aromatic N) is 2. The van der Waals surface area contributed by atoms with Gasteiger partial charge < -0.3 is 19.2 Å². The molecule has 7 heteroatoms. The molecule has 1 aromatic rings. The molecule has 0 amide bonds. The van der Waals surface area contributed by atoms with Crippen LogP contribution in [0.5, 0.6) is 0 Å². The number of aliphatic hydroxyl groups excluding tert-OH is 1. The molecule has 1 saturated heterocycles. The number of carbonyl (C=O) groups is 1. The summed E-state index contributed by atoms with van der Waals surface area (Å²) >= 11 is 0. The van der Waals surface area contributed by atoms with Crippen LogP contribution in [0, 0.1) is 0 Å². The van der Waals surface area contributed by atoms with Gasteiger partial charge in [-0.25, -0.2) is 9.18 Å². The zero-order valence-electron chi connectivity index (χ0n) is 10.0. The van der Waals surface area contributed by atoms with Crippen molar-refractivity contribution in [3.63, 3.8) is 0 Å². The van der Waals surface area contributed by atoms with Gasteiger partial charge in [-0.2, -0.15) is 4.98 Å². The SMILES string of the molecule is CCOC(=O)c1coc(N2CC[C@H](O)[C@H](F)C2)n1. The van der Waals surface area contributed by atoms with Gasteiger partial charge in [0.1, 0.15) is 12.4 Å². The van der Waals surface area contributed by atoms with E-state index in [1.54, 1.807) is 11.8 Å². The second-order valence-electron chi connectivity index (χ2n) is 4.05. The van der Waals surface area contributed by atoms with Crippen LogP contribution in [-0.2, 0) is 4.74 Å². The van der Waals surface area contributed by atoms with Crippen LogP contribution >= 0.6 is 0 Å². The number of anilines is 1. The lowest BCUT2D eigenvalue weighted by Gasteiger charge is -2.30. The fourth-order valence-electron chi connectivity index (χ4n) is 1.77. The van der Waals surface area contributed by atoms with Crippen LogP contribution in [0.4, 0.5) is 10.4 Å². The number of alkyl halides is 1. The molecule has 1 N–H and O–H groups in total. The van der Waals surface area contributed by atoms with Crippen molar-refractivity contribution in [3.8, 4) is 0 Å². The quantitative estimate of drug-likeness (QED) is 0.807. The third-order valence-electron chi connectivity index (χ3n) is 2.75. The van der Waals surface area contributed by atoms with Crippen molar-refractivity contribution in [2.24, 2.45) is 0 Å². The smallest absolute Gasteiger partial charge is 0.360 e. The van der Waals surface area contributed by atoms with E-state index in [4.69, 9.17) is 9.15 Å². The number of hydrogen-bond donors (Lipinski definition) is 1. The molecule has 18 heavy (non-hydrogen) atoms. The minimum Gasteiger partial charge on any atom is -0.461 e. The van der Waals surface area contributed by atoms with Crippen molar-refractivity contribution in [1.82, 2.24) is 4.98 Å². The van der Waals surface area contributed by atoms with Gasteiger partial charge in [0.2, 0.25) is 0 Å². The van der Waals surface area contributed by atoms with Gasteiger partial charge in [0, 0.05) is 6.54 Å². The molecule has 1 fully saturated rings. The molecule has 0 unspecified atom stereocenters. The average Bonchev–Trinajstić information content (AvgIpc) is 2.82. The van der Waals surface area contributed by atoms with Crippen LogP contribution in [0.3, 0.4) is 0 Å². The second kappa shape index (κ2) is 5.34. The highest BCUT2D eigenvalue weighted by Gasteiger charge is 2.30. The monoisotopic (exact) mass is 258 g/mol. The van der Waals surface area contributed by atoms with Crippen molar-refractivity contribution in [2.75, 3.05) is 24.6 Å². The third kappa shape index (κ3) is 2.61. The molecule has 2 heterocycles. The highest BCUT2D eigenvalue weighted by atomic mass is 19.1. The molecule has 1 aliphatic heterocycles. The van der Waals surface area contributed by atoms with Crippen LogP contribution in [-0.4, -0.2) is 48.0 Å². The molecule has 1 aliphatic rings. The molecule has 0 bridgehead atoms. The Morgan fingerprint density at radius 3 is 3.22 bits per heavy atom. The summed E-state index contributed by atoms with van der Waals surface area (Å²) in [6.07, 6.45) is -0.790. The van der Waals surface area contributed by atoms with Gasteiger partial charge in [0.15, 0.2) is 5.69 Å². The van der Waals surface area contributed by atoms with Gasteiger partial charge in [-0.15, -0.1) is 0 Å². The van der Waals surface area contributed by atoms with E-state index >= 15 is 0 Å². The van der Waals surface area contributed by atoms with Gasteiger partial charge in [-0.05, 0) is 13.3 Å². The van der Waals surface area contributed by atoms with E-state index in [0.29, 0.717) is 13.0 Å². The molecule has 100 valence electrons. The summed E-state index contributed by atoms with van der Waals surface area (Å²) in [6, 6.07) is 0.174. The van der Waals surface area contributed by atoms with E-state index in [2.05, 4.69) is 4.98 Å². The molecule has 0 aromatic carbocycles. The predicted octanol–water partition coefficient (Wildman–Crippen LogP) is 0.760. The molecule has 0 aliphatic carbocycles. The molecule has 0 saturated carbocycles. The Hall–Kier alpha value is -1.63. The lowest BCUT2D eigenvalue weighted by atomic mass is 10.1. The standard InChI is InChI=1S/C11H15FN2O4/c1-2-17-10(16)8-6-18-11(13-8)14-4-3-9(15)7(12)5-14/h6-7,9,15H,2-5H2,1H3/t7-,9+/m1/s1. The zero-order chi connectivity index (χ0) is 13.1. The predicted molar refractivity (Wildman–Crippen MR) is 60.2 cm³/mol. The molecule has 6 nitrogen and oxygen atoms in total. The van der Waals surface area contributed by atoms with Gasteiger partial charge in [0.25, 0.3) is 6.01 Å². The van der Waals surface area contributed by atoms with E-state index in [1.165, 1.54) is 6.26 Å². The highest BCUT2D eigenvalue weighted by Crippen LogP contribution is 2.21. The third-order valence-corrected chi connectivity index (χ3v) is 2.75. The Morgan fingerprint density at radius 1 is 1.78 bits per heavy atom. The van der Waals surface area contributed by atoms with Gasteiger partial charge >= 0.3 is 5.97 Å². The molecular weight excluding hydrogens is 243 g/mol. The normalized spacial score (nSPS) is 24.1. The number of halogens is 1. The van der Waals surface area contributed by atoms with Crippen LogP contribution in [0.15, 0.2) is 10.7 Å². The number of aliphatic hydroxyl groups is 1. The number of carbonyl (C=O) groups excluding carboxylic acids is 1. The van der Waals surface area contributed by atoms with E-state index in [1.807, 2.05) is 0 Å². The van der Waals surface area contributed by atoms with Crippen molar-refractivity contribution < 1.29 is 23.4 Å². The number of ether oxygens (including phenoxy) is 1. The molecule has 0 spiro atoms. The van der Waals surface area contributed by atoms with Gasteiger partial charge in [-0.3, -0.25) is 0 Å². The van der Waals surface area contributed by atoms with Crippen molar-refractivity contribution >= 4 is 12.0 Å². The van der Waals surface area contributed by atoms with Crippen LogP contribution in [0.2, 0.25) is 0 Å². The fourth-order valence-corrected chi connectivity index (χ4v) is 1.77. The molecular formula is C11H15FN2O4. The maximum absolute atomic E-state index is 13.3. The number of piperidine rings is 1. The summed E-state index contributed by atoms with van der Waals surface area (Å²) in [5.74, 6) is -0.568. The van der Waals surface area contributed by atoms with Gasteiger partial charge in [0.05, 0.1) is 19.3 Å². The summed E-state index contributed by atoms with van der Waals surface area (Å²) in [5.41, 5.74) is 0.0633. The minimum atomic E-state index is -1.34. The number of aromatic nitrogens is 1. The maximum Gasteiger partial charge on any atom is 0.360 e. The Morgan fingerprint density at radius 2 is 2.56 bits per heavy atom. The van der Waals surface area contributed by atoms with Crippen LogP contribution < -0.4 is 4.90 Å². The molecule has 2 atom stereocenters. The zero-order valence-corrected chi connectivity index (χ0v) is 10.0. The van der Waals surface area contributed by atoms with Crippen molar-refractivity contribution in [3.05, 3.63) is 12.0 Å². The summed E-state index contributed by atoms with van der Waals surface area (Å²) in [4.78, 5) is 16.9. The first-order valence-electron chi connectivity index (χ1n) is 5.81. The Labute approximate surface area is 103 Å². The van der Waals surface area contributed by atoms with E-state index in [-0.39, 0.29) is 24.9 Å². The molecule has 1 aromatic heterocycles. The maximum atomic E-state index is 13.3. The van der Waals surface area contributed by atoms with E-state index in [9.17, 15) is 14.3 Å². The molecule has 2 rings (SSSR count). The largest absolute Gasteiger partial charge is 0.461 e. The number of esters is 1. The van der Waals surface area contributed by atoms with E-state index in [0.717, 1.165) is 0 Å². The van der Waals surface area contributed by atoms with Crippen molar-refractivity contribution in [2.45, 2.75) is 25.6 Å². The highest BCUT2D eigenvalue weighted by molar-refractivity contribution is 5.87. The Balaban J connectivity index is 2.04. The Bertz CT molecular complexity index is 423. The lowest BCUT2D eigenvalue weighted by molar-refractivity contribution is 0.0519. The number of hydrogen-bond acceptors (Lipinski definition) is 6. The summed E-state index contributed by atoms with van der Waals surface area (Å²) in [5, 5.41) is 9.28. The van der Waals surface area contributed by atoms with E-state index < -0.39 is 18.2 Å². The second-order valence-corrected chi connectivity index (χ2v) is 4.05. The molecule has 0 radical (unpaired) electrons. The Kier molecular flexibility index (Phi) is 3.81. The first kappa shape index (κ1) is 12.8. The fraction of sp³-hybridized carbons (Fsp3) is 0.636. The topological polar surface area (TPSA) is 75.8 Å². The van der Waals surface area contributed by atoms with Crippen LogP contribution in [0.25, 0.3) is 0 Å². The van der Waals surface area contributed by atoms with Crippen LogP contribution in [0.1, 0.15) is 23.8 Å². The van der Waals surface area contributed by atoms with Gasteiger partial charge in [-0.1, -0.05) is 0 Å². The summed E-state index contributed by atoms with van der Waals surface area (Å²) < 4.78 is 23.2. The first-order valence-corrected chi connectivity index (χ1v) is 5.81. The number of oxazole rings is 1. The minimum absolute atomic E-state index is 0.00391. The average molecular weight is 258 g/mol. The summed E-state index contributed by atoms with van der Waals surface area (Å²) in [7, 11) is 0. The summed E-state index contributed by atoms with van der Waals surface area (Å²) in [6.45, 7) is 2.39. The number of rotatable bonds is 3. The lowest BCUT2D eigenvalue weighted by Crippen LogP contribution is -2.44. The van der Waals surface area contributed by atoms with Crippen molar-refractivity contribution in [1.29, 1.82) is 0 Å². The first-order chi connectivity index (χ1) is 8.61.